The molecule has 186 valence electrons. The Morgan fingerprint density at radius 1 is 0.917 bits per heavy atom. The van der Waals surface area contributed by atoms with Gasteiger partial charge in [-0.25, -0.2) is 8.78 Å². The number of benzene rings is 2. The third kappa shape index (κ3) is 5.06. The Labute approximate surface area is 201 Å². The number of methoxy groups -OCH3 is 2. The molecule has 1 N–H and O–H groups in total. The van der Waals surface area contributed by atoms with Crippen molar-refractivity contribution < 1.29 is 41.3 Å². The third-order valence-corrected chi connectivity index (χ3v) is 4.92. The van der Waals surface area contributed by atoms with Crippen LogP contribution in [0.25, 0.3) is 10.9 Å². The van der Waals surface area contributed by atoms with Crippen molar-refractivity contribution in [3.63, 3.8) is 0 Å². The van der Waals surface area contributed by atoms with Crippen molar-refractivity contribution in [3.05, 3.63) is 72.2 Å². The quantitative estimate of drug-likeness (QED) is 0.314. The van der Waals surface area contributed by atoms with Gasteiger partial charge in [-0.2, -0.15) is 8.78 Å². The lowest BCUT2D eigenvalue weighted by molar-refractivity contribution is -0.0511. The van der Waals surface area contributed by atoms with Gasteiger partial charge in [0.1, 0.15) is 11.5 Å². The maximum Gasteiger partial charge on any atom is 0.387 e. The van der Waals surface area contributed by atoms with E-state index >= 15 is 0 Å². The lowest BCUT2D eigenvalue weighted by atomic mass is 10.1. The van der Waals surface area contributed by atoms with Gasteiger partial charge < -0.3 is 24.3 Å². The third-order valence-electron chi connectivity index (χ3n) is 4.92. The highest BCUT2D eigenvalue weighted by molar-refractivity contribution is 6.06. The van der Waals surface area contributed by atoms with Crippen LogP contribution < -0.4 is 24.3 Å². The molecular formula is C24H17F4N3O5. The zero-order chi connectivity index (χ0) is 25.8. The maximum atomic E-state index is 14.9. The van der Waals surface area contributed by atoms with Crippen LogP contribution >= 0.6 is 0 Å². The van der Waals surface area contributed by atoms with Crippen molar-refractivity contribution in [2.75, 3.05) is 19.5 Å². The number of nitrogens with one attached hydrogen (secondary N) is 1. The topological polar surface area (TPSA) is 91.8 Å². The van der Waals surface area contributed by atoms with Gasteiger partial charge >= 0.3 is 6.61 Å². The highest BCUT2D eigenvalue weighted by atomic mass is 19.3. The highest BCUT2D eigenvalue weighted by Crippen LogP contribution is 2.39. The number of anilines is 1. The molecule has 0 aliphatic carbocycles. The largest absolute Gasteiger partial charge is 0.496 e. The number of amides is 1. The number of alkyl halides is 2. The smallest absolute Gasteiger partial charge is 0.387 e. The lowest BCUT2D eigenvalue weighted by Crippen LogP contribution is -2.14. The number of fused-ring (bicyclic) bond motifs is 1. The van der Waals surface area contributed by atoms with Gasteiger partial charge in [0, 0.05) is 47.9 Å². The Hall–Kier alpha value is -4.61. The molecule has 0 unspecified atom stereocenters. The molecule has 0 spiro atoms. The van der Waals surface area contributed by atoms with E-state index in [9.17, 15) is 22.4 Å². The predicted octanol–water partition coefficient (Wildman–Crippen LogP) is 5.57. The van der Waals surface area contributed by atoms with Crippen molar-refractivity contribution in [1.82, 2.24) is 9.97 Å². The van der Waals surface area contributed by atoms with Crippen LogP contribution in [-0.4, -0.2) is 36.7 Å². The molecule has 4 rings (SSSR count). The van der Waals surface area contributed by atoms with Gasteiger partial charge in [0.05, 0.1) is 25.3 Å². The monoisotopic (exact) mass is 503 g/mol. The first-order chi connectivity index (χ1) is 17.3. The van der Waals surface area contributed by atoms with E-state index in [0.717, 1.165) is 12.1 Å². The van der Waals surface area contributed by atoms with E-state index in [4.69, 9.17) is 14.2 Å². The molecule has 0 saturated carbocycles. The molecule has 1 amide bonds. The van der Waals surface area contributed by atoms with Gasteiger partial charge in [-0.1, -0.05) is 0 Å². The molecule has 8 nitrogen and oxygen atoms in total. The van der Waals surface area contributed by atoms with Crippen LogP contribution in [0, 0.1) is 11.6 Å². The Morgan fingerprint density at radius 3 is 2.28 bits per heavy atom. The van der Waals surface area contributed by atoms with Gasteiger partial charge in [0.25, 0.3) is 5.91 Å². The first-order valence-electron chi connectivity index (χ1n) is 10.2. The normalized spacial score (nSPS) is 10.9. The summed E-state index contributed by atoms with van der Waals surface area (Å²) in [6, 6.07) is 7.02. The first-order valence-corrected chi connectivity index (χ1v) is 10.2. The number of carbonyl (C=O) groups excluding carboxylic acids is 1. The molecule has 0 radical (unpaired) electrons. The predicted molar refractivity (Wildman–Crippen MR) is 120 cm³/mol. The summed E-state index contributed by atoms with van der Waals surface area (Å²) in [6.07, 6.45) is 3.94. The summed E-state index contributed by atoms with van der Waals surface area (Å²) in [4.78, 5) is 20.4. The number of carbonyl (C=O) groups is 1. The minimum absolute atomic E-state index is 0.0309. The molecule has 0 bridgehead atoms. The zero-order valence-electron chi connectivity index (χ0n) is 18.7. The number of aromatic nitrogens is 2. The second-order valence-electron chi connectivity index (χ2n) is 7.11. The number of pyridine rings is 2. The number of rotatable bonds is 8. The van der Waals surface area contributed by atoms with Crippen LogP contribution in [-0.2, 0) is 0 Å². The number of halogens is 4. The Kier molecular flexibility index (Phi) is 7.04. The summed E-state index contributed by atoms with van der Waals surface area (Å²) < 4.78 is 75.2. The number of nitrogens with zero attached hydrogens (tertiary/aromatic N) is 2. The standard InChI is InChI=1S/C24H17F4N3O5/c1-33-18-3-5-29-11-14(18)23(32)31-12-7-15(25)22(16(26)8-12)35-19-4-6-30-17-10-21(36-24(27)28)20(34-2)9-13(17)19/h3-11,24H,1-2H3,(H,31,32). The zero-order valence-corrected chi connectivity index (χ0v) is 18.7. The summed E-state index contributed by atoms with van der Waals surface area (Å²) >= 11 is 0. The van der Waals surface area contributed by atoms with Gasteiger partial charge in [0.2, 0.25) is 0 Å². The molecule has 0 fully saturated rings. The van der Waals surface area contributed by atoms with E-state index < -0.39 is 29.9 Å². The minimum atomic E-state index is -3.10. The average molecular weight is 503 g/mol. The second-order valence-corrected chi connectivity index (χ2v) is 7.11. The molecule has 2 aromatic carbocycles. The number of ether oxygens (including phenoxy) is 4. The fraction of sp³-hybridized carbons (Fsp3) is 0.125. The van der Waals surface area contributed by atoms with Crippen molar-refractivity contribution in [1.29, 1.82) is 0 Å². The van der Waals surface area contributed by atoms with E-state index in [1.54, 1.807) is 0 Å². The van der Waals surface area contributed by atoms with Gasteiger partial charge in [-0.3, -0.25) is 14.8 Å². The van der Waals surface area contributed by atoms with E-state index in [1.165, 1.54) is 57.1 Å². The van der Waals surface area contributed by atoms with Crippen molar-refractivity contribution >= 4 is 22.5 Å². The van der Waals surface area contributed by atoms with E-state index in [-0.39, 0.29) is 45.2 Å². The SMILES string of the molecule is COc1cc2c(Oc3c(F)cc(NC(=O)c4cnccc4OC)cc3F)ccnc2cc1OC(F)F. The first kappa shape index (κ1) is 24.5. The number of hydrogen-bond acceptors (Lipinski definition) is 7. The Balaban J connectivity index is 1.64. The molecule has 0 atom stereocenters. The maximum absolute atomic E-state index is 14.9. The van der Waals surface area contributed by atoms with Crippen molar-refractivity contribution in [3.8, 4) is 28.7 Å². The molecular weight excluding hydrogens is 486 g/mol. The van der Waals surface area contributed by atoms with E-state index in [1.807, 2.05) is 0 Å². The fourth-order valence-electron chi connectivity index (χ4n) is 3.33. The summed E-state index contributed by atoms with van der Waals surface area (Å²) in [5.41, 5.74) is 0.0379. The van der Waals surface area contributed by atoms with Gasteiger partial charge in [0.15, 0.2) is 28.9 Å². The Bertz CT molecular complexity index is 1410. The molecule has 0 saturated heterocycles. The number of hydrogen-bond donors (Lipinski definition) is 1. The highest BCUT2D eigenvalue weighted by Gasteiger charge is 2.20. The summed E-state index contributed by atoms with van der Waals surface area (Å²) in [5.74, 6) is -3.82. The second kappa shape index (κ2) is 10.3. The average Bonchev–Trinajstić information content (AvgIpc) is 2.85. The van der Waals surface area contributed by atoms with Crippen molar-refractivity contribution in [2.45, 2.75) is 6.61 Å². The van der Waals surface area contributed by atoms with Crippen LogP contribution in [0.1, 0.15) is 10.4 Å². The molecule has 0 aliphatic heterocycles. The van der Waals surface area contributed by atoms with Crippen LogP contribution in [0.5, 0.6) is 28.7 Å². The summed E-state index contributed by atoms with van der Waals surface area (Å²) in [5, 5.41) is 2.59. The van der Waals surface area contributed by atoms with Crippen LogP contribution in [0.3, 0.4) is 0 Å². The summed E-state index contributed by atoms with van der Waals surface area (Å²) in [7, 11) is 2.60. The lowest BCUT2D eigenvalue weighted by Gasteiger charge is -2.14. The summed E-state index contributed by atoms with van der Waals surface area (Å²) in [6.45, 7) is -3.10. The van der Waals surface area contributed by atoms with Crippen LogP contribution in [0.4, 0.5) is 23.2 Å². The Morgan fingerprint density at radius 2 is 1.61 bits per heavy atom. The van der Waals surface area contributed by atoms with Gasteiger partial charge in [-0.15, -0.1) is 0 Å². The van der Waals surface area contributed by atoms with E-state index in [2.05, 4.69) is 20.0 Å². The minimum Gasteiger partial charge on any atom is -0.496 e. The molecule has 0 aliphatic rings. The van der Waals surface area contributed by atoms with E-state index in [0.29, 0.717) is 0 Å². The molecule has 36 heavy (non-hydrogen) atoms. The molecule has 2 aromatic heterocycles. The van der Waals surface area contributed by atoms with Crippen molar-refractivity contribution in [2.24, 2.45) is 0 Å². The molecule has 12 heteroatoms. The molecule has 2 heterocycles. The molecule has 4 aromatic rings. The van der Waals surface area contributed by atoms with Crippen LogP contribution in [0.2, 0.25) is 0 Å². The fourth-order valence-corrected chi connectivity index (χ4v) is 3.33. The van der Waals surface area contributed by atoms with Gasteiger partial charge in [-0.05, 0) is 18.2 Å². The van der Waals surface area contributed by atoms with Crippen LogP contribution in [0.15, 0.2) is 55.0 Å².